The van der Waals surface area contributed by atoms with Gasteiger partial charge in [-0.1, -0.05) is 17.7 Å². The molecule has 21 heavy (non-hydrogen) atoms. The number of thiophene rings is 1. The molecule has 4 nitrogen and oxygen atoms in total. The van der Waals surface area contributed by atoms with Gasteiger partial charge in [-0.15, -0.1) is 11.3 Å². The topological polar surface area (TPSA) is 63.2 Å². The molecule has 0 spiro atoms. The molecule has 0 radical (unpaired) electrons. The average molecular weight is 409 g/mol. The van der Waals surface area contributed by atoms with Crippen LogP contribution in [0.3, 0.4) is 0 Å². The van der Waals surface area contributed by atoms with Gasteiger partial charge in [0.2, 0.25) is 5.91 Å². The van der Waals surface area contributed by atoms with Gasteiger partial charge in [0, 0.05) is 17.1 Å². The Balaban J connectivity index is 1.95. The molecule has 2 aromatic rings. The fourth-order valence-corrected chi connectivity index (χ4v) is 5.17. The molecule has 0 bridgehead atoms. The van der Waals surface area contributed by atoms with Crippen molar-refractivity contribution in [2.45, 2.75) is 10.6 Å². The first kappa shape index (κ1) is 16.5. The van der Waals surface area contributed by atoms with Crippen molar-refractivity contribution >= 4 is 60.3 Å². The molecule has 1 aromatic heterocycles. The fraction of sp³-hybridized carbons (Fsp3) is 0.154. The summed E-state index contributed by atoms with van der Waals surface area (Å²) in [6.45, 7) is 0. The highest BCUT2D eigenvalue weighted by molar-refractivity contribution is 9.11. The first-order chi connectivity index (χ1) is 9.87. The lowest BCUT2D eigenvalue weighted by atomic mass is 10.3. The Bertz CT molecular complexity index is 758. The van der Waals surface area contributed by atoms with Crippen LogP contribution in [0.25, 0.3) is 0 Å². The molecular formula is C13H11BrClNO3S2. The van der Waals surface area contributed by atoms with Gasteiger partial charge in [-0.25, -0.2) is 8.42 Å². The maximum absolute atomic E-state index is 12.0. The molecule has 1 amide bonds. The zero-order valence-electron chi connectivity index (χ0n) is 10.7. The van der Waals surface area contributed by atoms with E-state index in [1.165, 1.54) is 6.07 Å². The number of anilines is 1. The predicted octanol–water partition coefficient (Wildman–Crippen LogP) is 3.97. The average Bonchev–Trinajstić information content (AvgIpc) is 2.84. The van der Waals surface area contributed by atoms with Crippen LogP contribution in [0.15, 0.2) is 44.4 Å². The summed E-state index contributed by atoms with van der Waals surface area (Å²) in [5.74, 6) is -0.594. The molecule has 0 aliphatic heterocycles. The van der Waals surface area contributed by atoms with Crippen LogP contribution in [0.4, 0.5) is 5.69 Å². The predicted molar refractivity (Wildman–Crippen MR) is 88.8 cm³/mol. The molecular weight excluding hydrogens is 398 g/mol. The highest BCUT2D eigenvalue weighted by atomic mass is 79.9. The van der Waals surface area contributed by atoms with Gasteiger partial charge >= 0.3 is 0 Å². The van der Waals surface area contributed by atoms with Crippen LogP contribution in [0.1, 0.15) is 6.42 Å². The van der Waals surface area contributed by atoms with E-state index in [0.717, 1.165) is 15.1 Å². The van der Waals surface area contributed by atoms with Crippen molar-refractivity contribution in [3.63, 3.8) is 0 Å². The summed E-state index contributed by atoms with van der Waals surface area (Å²) in [6.07, 6.45) is -0.107. The highest BCUT2D eigenvalue weighted by Gasteiger charge is 2.18. The molecule has 8 heteroatoms. The summed E-state index contributed by atoms with van der Waals surface area (Å²) < 4.78 is 25.1. The van der Waals surface area contributed by atoms with Crippen LogP contribution in [0.5, 0.6) is 0 Å². The van der Waals surface area contributed by atoms with Crippen molar-refractivity contribution < 1.29 is 13.2 Å². The quantitative estimate of drug-likeness (QED) is 0.814. The summed E-state index contributed by atoms with van der Waals surface area (Å²) >= 11 is 10.2. The van der Waals surface area contributed by atoms with E-state index in [1.54, 1.807) is 30.3 Å². The highest BCUT2D eigenvalue weighted by Crippen LogP contribution is 2.27. The maximum atomic E-state index is 12.0. The Kier molecular flexibility index (Phi) is 5.43. The molecule has 112 valence electrons. The van der Waals surface area contributed by atoms with Crippen molar-refractivity contribution in [3.05, 3.63) is 45.2 Å². The Morgan fingerprint density at radius 1 is 1.29 bits per heavy atom. The second-order valence-corrected chi connectivity index (χ2v) is 9.42. The van der Waals surface area contributed by atoms with Crippen LogP contribution in [0.2, 0.25) is 5.02 Å². The molecule has 0 unspecified atom stereocenters. The molecule has 1 aromatic carbocycles. The van der Waals surface area contributed by atoms with E-state index >= 15 is 0 Å². The first-order valence-electron chi connectivity index (χ1n) is 5.90. The van der Waals surface area contributed by atoms with E-state index < -0.39 is 9.84 Å². The van der Waals surface area contributed by atoms with Crippen molar-refractivity contribution in [2.75, 3.05) is 11.1 Å². The Morgan fingerprint density at radius 2 is 2.05 bits per heavy atom. The number of nitrogens with one attached hydrogen (secondary N) is 1. The SMILES string of the molecule is O=C(CCS(=O)(=O)c1ccc(Br)s1)Nc1cccc(Cl)c1. The second-order valence-electron chi connectivity index (χ2n) is 4.19. The third-order valence-electron chi connectivity index (χ3n) is 2.56. The smallest absolute Gasteiger partial charge is 0.225 e. The van der Waals surface area contributed by atoms with E-state index in [0.29, 0.717) is 10.7 Å². The van der Waals surface area contributed by atoms with Gasteiger partial charge < -0.3 is 5.32 Å². The van der Waals surface area contributed by atoms with Crippen molar-refractivity contribution in [3.8, 4) is 0 Å². The van der Waals surface area contributed by atoms with Gasteiger partial charge in [-0.3, -0.25) is 4.79 Å². The summed E-state index contributed by atoms with van der Waals surface area (Å²) in [4.78, 5) is 11.8. The summed E-state index contributed by atoms with van der Waals surface area (Å²) in [6, 6.07) is 9.88. The van der Waals surface area contributed by atoms with E-state index in [9.17, 15) is 13.2 Å². The lowest BCUT2D eigenvalue weighted by Crippen LogP contribution is -2.17. The minimum Gasteiger partial charge on any atom is -0.326 e. The van der Waals surface area contributed by atoms with Crippen LogP contribution >= 0.6 is 38.9 Å². The minimum absolute atomic E-state index is 0.107. The Hall–Kier alpha value is -0.890. The minimum atomic E-state index is -3.43. The lowest BCUT2D eigenvalue weighted by molar-refractivity contribution is -0.115. The molecule has 0 aliphatic rings. The zero-order chi connectivity index (χ0) is 15.5. The van der Waals surface area contributed by atoms with Gasteiger partial charge in [-0.05, 0) is 46.3 Å². The van der Waals surface area contributed by atoms with E-state index in [1.807, 2.05) is 0 Å². The molecule has 0 aliphatic carbocycles. The van der Waals surface area contributed by atoms with E-state index in [2.05, 4.69) is 21.2 Å². The normalized spacial score (nSPS) is 11.3. The van der Waals surface area contributed by atoms with Gasteiger partial charge in [0.25, 0.3) is 0 Å². The molecule has 2 rings (SSSR count). The summed E-state index contributed by atoms with van der Waals surface area (Å²) in [7, 11) is -3.43. The lowest BCUT2D eigenvalue weighted by Gasteiger charge is -2.05. The Morgan fingerprint density at radius 3 is 2.67 bits per heavy atom. The van der Waals surface area contributed by atoms with Gasteiger partial charge in [-0.2, -0.15) is 0 Å². The van der Waals surface area contributed by atoms with E-state index in [-0.39, 0.29) is 22.3 Å². The van der Waals surface area contributed by atoms with Gasteiger partial charge in [0.15, 0.2) is 9.84 Å². The number of rotatable bonds is 5. The Labute approximate surface area is 140 Å². The van der Waals surface area contributed by atoms with Crippen molar-refractivity contribution in [2.24, 2.45) is 0 Å². The molecule has 1 N–H and O–H groups in total. The summed E-state index contributed by atoms with van der Waals surface area (Å²) in [5.41, 5.74) is 0.545. The number of carbonyl (C=O) groups excluding carboxylic acids is 1. The zero-order valence-corrected chi connectivity index (χ0v) is 14.7. The number of carbonyl (C=O) groups is 1. The van der Waals surface area contributed by atoms with Gasteiger partial charge in [0.1, 0.15) is 4.21 Å². The number of amides is 1. The van der Waals surface area contributed by atoms with Crippen LogP contribution in [-0.4, -0.2) is 20.1 Å². The van der Waals surface area contributed by atoms with Crippen molar-refractivity contribution in [1.82, 2.24) is 0 Å². The molecule has 0 atom stereocenters. The first-order valence-corrected chi connectivity index (χ1v) is 9.54. The standard InChI is InChI=1S/C13H11BrClNO3S2/c14-11-4-5-13(20-11)21(18,19)7-6-12(17)16-10-3-1-2-9(15)8-10/h1-5,8H,6-7H2,(H,16,17). The van der Waals surface area contributed by atoms with Gasteiger partial charge in [0.05, 0.1) is 9.54 Å². The molecule has 0 saturated heterocycles. The number of hydrogen-bond acceptors (Lipinski definition) is 4. The molecule has 1 heterocycles. The number of hydrogen-bond donors (Lipinski definition) is 1. The largest absolute Gasteiger partial charge is 0.326 e. The van der Waals surface area contributed by atoms with Crippen molar-refractivity contribution in [1.29, 1.82) is 0 Å². The fourth-order valence-electron chi connectivity index (χ4n) is 1.58. The van der Waals surface area contributed by atoms with E-state index in [4.69, 9.17) is 11.6 Å². The third kappa shape index (κ3) is 4.81. The summed E-state index contributed by atoms with van der Waals surface area (Å²) in [5, 5.41) is 3.12. The van der Waals surface area contributed by atoms with Crippen LogP contribution in [0, 0.1) is 0 Å². The molecule has 0 fully saturated rings. The van der Waals surface area contributed by atoms with Crippen LogP contribution in [-0.2, 0) is 14.6 Å². The maximum Gasteiger partial charge on any atom is 0.225 e. The monoisotopic (exact) mass is 407 g/mol. The number of sulfone groups is 1. The second kappa shape index (κ2) is 6.91. The third-order valence-corrected chi connectivity index (χ3v) is 6.72. The van der Waals surface area contributed by atoms with Crippen LogP contribution < -0.4 is 5.32 Å². The number of halogens is 2. The number of benzene rings is 1. The molecule has 0 saturated carbocycles.